The molecule has 0 fully saturated rings. The van der Waals surface area contributed by atoms with Gasteiger partial charge in [-0.1, -0.05) is 30.3 Å². The smallest absolute Gasteiger partial charge is 0.247 e. The normalized spacial score (nSPS) is 11.5. The highest BCUT2D eigenvalue weighted by atomic mass is 32.2. The van der Waals surface area contributed by atoms with Crippen LogP contribution < -0.4 is 4.72 Å². The Labute approximate surface area is 129 Å². The second kappa shape index (κ2) is 5.38. The van der Waals surface area contributed by atoms with Crippen LogP contribution in [0.1, 0.15) is 11.4 Å². The molecule has 0 saturated heterocycles. The molecule has 0 aliphatic rings. The molecule has 2 aromatic carbocycles. The second-order valence-electron chi connectivity index (χ2n) is 5.09. The first-order chi connectivity index (χ1) is 10.4. The molecule has 0 atom stereocenters. The molecule has 0 saturated carbocycles. The van der Waals surface area contributed by atoms with E-state index in [0.29, 0.717) is 11.4 Å². The van der Waals surface area contributed by atoms with E-state index in [1.165, 1.54) is 0 Å². The highest BCUT2D eigenvalue weighted by Crippen LogP contribution is 2.20. The molecular formula is C16H15N3O2S. The molecular weight excluding hydrogens is 298 g/mol. The zero-order chi connectivity index (χ0) is 15.7. The van der Waals surface area contributed by atoms with E-state index >= 15 is 0 Å². The van der Waals surface area contributed by atoms with Crippen molar-refractivity contribution in [3.63, 3.8) is 0 Å². The summed E-state index contributed by atoms with van der Waals surface area (Å²) in [5, 5.41) is 1.86. The third kappa shape index (κ3) is 2.92. The molecule has 3 rings (SSSR count). The average molecular weight is 313 g/mol. The van der Waals surface area contributed by atoms with Crippen molar-refractivity contribution in [2.75, 3.05) is 4.72 Å². The van der Waals surface area contributed by atoms with Crippen molar-refractivity contribution in [1.82, 2.24) is 9.97 Å². The number of hydrogen-bond acceptors (Lipinski definition) is 4. The fraction of sp³-hybridized carbons (Fsp3) is 0.125. The maximum absolute atomic E-state index is 12.5. The summed E-state index contributed by atoms with van der Waals surface area (Å²) in [7, 11) is -3.71. The lowest BCUT2D eigenvalue weighted by Gasteiger charge is -2.08. The monoisotopic (exact) mass is 313 g/mol. The molecule has 0 aliphatic carbocycles. The van der Waals surface area contributed by atoms with Gasteiger partial charge in [0.15, 0.2) is 0 Å². The van der Waals surface area contributed by atoms with Crippen molar-refractivity contribution in [2.24, 2.45) is 0 Å². The first-order valence-electron chi connectivity index (χ1n) is 6.78. The topological polar surface area (TPSA) is 72.0 Å². The van der Waals surface area contributed by atoms with Crippen molar-refractivity contribution in [1.29, 1.82) is 0 Å². The van der Waals surface area contributed by atoms with Gasteiger partial charge in [-0.15, -0.1) is 0 Å². The van der Waals surface area contributed by atoms with Crippen molar-refractivity contribution < 1.29 is 8.42 Å². The highest BCUT2D eigenvalue weighted by Gasteiger charge is 2.16. The molecule has 6 heteroatoms. The van der Waals surface area contributed by atoms with E-state index in [0.717, 1.165) is 10.8 Å². The minimum Gasteiger partial charge on any atom is -0.247 e. The second-order valence-corrected chi connectivity index (χ2v) is 6.77. The maximum atomic E-state index is 12.5. The fourth-order valence-electron chi connectivity index (χ4n) is 2.29. The molecule has 0 amide bonds. The number of fused-ring (bicyclic) bond motifs is 1. The Morgan fingerprint density at radius 1 is 0.864 bits per heavy atom. The van der Waals surface area contributed by atoms with E-state index in [1.54, 1.807) is 38.1 Å². The predicted molar refractivity (Wildman–Crippen MR) is 86.3 cm³/mol. The van der Waals surface area contributed by atoms with Gasteiger partial charge in [-0.25, -0.2) is 23.1 Å². The highest BCUT2D eigenvalue weighted by molar-refractivity contribution is 7.92. The molecule has 22 heavy (non-hydrogen) atoms. The summed E-state index contributed by atoms with van der Waals surface area (Å²) in [4.78, 5) is 8.40. The lowest BCUT2D eigenvalue weighted by atomic mass is 10.1. The predicted octanol–water partition coefficient (Wildman–Crippen LogP) is 3.05. The molecule has 0 unspecified atom stereocenters. The van der Waals surface area contributed by atoms with Crippen molar-refractivity contribution in [3.05, 3.63) is 59.9 Å². The summed E-state index contributed by atoms with van der Waals surface area (Å²) in [6, 6.07) is 14.4. The van der Waals surface area contributed by atoms with E-state index in [4.69, 9.17) is 0 Å². The number of nitrogens with one attached hydrogen (secondary N) is 1. The zero-order valence-electron chi connectivity index (χ0n) is 12.2. The number of aromatic nitrogens is 2. The van der Waals surface area contributed by atoms with Gasteiger partial charge in [-0.3, -0.25) is 0 Å². The summed E-state index contributed by atoms with van der Waals surface area (Å²) < 4.78 is 27.4. The molecule has 5 nitrogen and oxygen atoms in total. The molecule has 0 bridgehead atoms. The minimum absolute atomic E-state index is 0.0886. The lowest BCUT2D eigenvalue weighted by molar-refractivity contribution is 0.601. The van der Waals surface area contributed by atoms with Crippen LogP contribution in [0.5, 0.6) is 0 Å². The molecule has 0 spiro atoms. The Bertz CT molecular complexity index is 932. The van der Waals surface area contributed by atoms with Crippen LogP contribution in [0.2, 0.25) is 0 Å². The van der Waals surface area contributed by atoms with Crippen LogP contribution in [0.4, 0.5) is 5.95 Å². The van der Waals surface area contributed by atoms with Crippen LogP contribution in [0, 0.1) is 13.8 Å². The van der Waals surface area contributed by atoms with Gasteiger partial charge in [0.25, 0.3) is 10.0 Å². The number of aryl methyl sites for hydroxylation is 2. The summed E-state index contributed by atoms with van der Waals surface area (Å²) in [5.41, 5.74) is 1.42. The van der Waals surface area contributed by atoms with Gasteiger partial charge in [0.1, 0.15) is 0 Å². The fourth-order valence-corrected chi connectivity index (χ4v) is 3.26. The Morgan fingerprint density at radius 2 is 1.50 bits per heavy atom. The summed E-state index contributed by atoms with van der Waals surface area (Å²) in [5.74, 6) is 0.0886. The van der Waals surface area contributed by atoms with Gasteiger partial charge in [-0.05, 0) is 42.8 Å². The molecule has 1 heterocycles. The van der Waals surface area contributed by atoms with Gasteiger partial charge in [0.05, 0.1) is 4.90 Å². The largest absolute Gasteiger partial charge is 0.264 e. The third-order valence-corrected chi connectivity index (χ3v) is 4.57. The van der Waals surface area contributed by atoms with Gasteiger partial charge in [-0.2, -0.15) is 0 Å². The third-order valence-electron chi connectivity index (χ3n) is 3.24. The summed E-state index contributed by atoms with van der Waals surface area (Å²) in [6.45, 7) is 3.59. The zero-order valence-corrected chi connectivity index (χ0v) is 13.1. The Balaban J connectivity index is 2.00. The Hall–Kier alpha value is -2.47. The Kier molecular flexibility index (Phi) is 3.54. The van der Waals surface area contributed by atoms with Crippen molar-refractivity contribution >= 4 is 26.7 Å². The Morgan fingerprint density at radius 3 is 2.18 bits per heavy atom. The van der Waals surface area contributed by atoms with E-state index in [9.17, 15) is 8.42 Å². The number of sulfonamides is 1. The standard InChI is InChI=1S/C16H15N3O2S/c1-11-9-12(2)18-16(17-11)19-22(20,21)15-8-7-13-5-3-4-6-14(13)10-15/h3-10H,1-2H3,(H,17,18,19). The van der Waals surface area contributed by atoms with Crippen LogP contribution in [0.3, 0.4) is 0 Å². The number of hydrogen-bond donors (Lipinski definition) is 1. The molecule has 0 radical (unpaired) electrons. The van der Waals surface area contributed by atoms with Gasteiger partial charge in [0, 0.05) is 11.4 Å². The maximum Gasteiger partial charge on any atom is 0.264 e. The van der Waals surface area contributed by atoms with E-state index in [1.807, 2.05) is 24.3 Å². The van der Waals surface area contributed by atoms with E-state index < -0.39 is 10.0 Å². The van der Waals surface area contributed by atoms with Gasteiger partial charge < -0.3 is 0 Å². The quantitative estimate of drug-likeness (QED) is 0.806. The molecule has 1 N–H and O–H groups in total. The summed E-state index contributed by atoms with van der Waals surface area (Å²) >= 11 is 0. The van der Waals surface area contributed by atoms with Gasteiger partial charge in [0.2, 0.25) is 5.95 Å². The van der Waals surface area contributed by atoms with Crippen LogP contribution in [-0.2, 0) is 10.0 Å². The van der Waals surface area contributed by atoms with Crippen LogP contribution in [0.25, 0.3) is 10.8 Å². The first-order valence-corrected chi connectivity index (χ1v) is 8.26. The first kappa shape index (κ1) is 14.5. The van der Waals surface area contributed by atoms with Crippen molar-refractivity contribution in [2.45, 2.75) is 18.7 Å². The van der Waals surface area contributed by atoms with Crippen LogP contribution in [0.15, 0.2) is 53.4 Å². The number of nitrogens with zero attached hydrogens (tertiary/aromatic N) is 2. The molecule has 1 aromatic heterocycles. The van der Waals surface area contributed by atoms with Crippen LogP contribution in [-0.4, -0.2) is 18.4 Å². The van der Waals surface area contributed by atoms with Crippen LogP contribution >= 0.6 is 0 Å². The SMILES string of the molecule is Cc1cc(C)nc(NS(=O)(=O)c2ccc3ccccc3c2)n1. The average Bonchev–Trinajstić information content (AvgIpc) is 2.45. The lowest BCUT2D eigenvalue weighted by Crippen LogP contribution is -2.15. The number of anilines is 1. The van der Waals surface area contributed by atoms with Crippen molar-refractivity contribution in [3.8, 4) is 0 Å². The molecule has 112 valence electrons. The summed E-state index contributed by atoms with van der Waals surface area (Å²) in [6.07, 6.45) is 0. The molecule has 0 aliphatic heterocycles. The minimum atomic E-state index is -3.71. The number of rotatable bonds is 3. The van der Waals surface area contributed by atoms with E-state index in [2.05, 4.69) is 14.7 Å². The molecule has 3 aromatic rings. The number of benzene rings is 2. The van der Waals surface area contributed by atoms with Gasteiger partial charge >= 0.3 is 0 Å². The van der Waals surface area contributed by atoms with E-state index in [-0.39, 0.29) is 10.8 Å².